The lowest BCUT2D eigenvalue weighted by molar-refractivity contribution is -0.274. The van der Waals surface area contributed by atoms with Crippen LogP contribution in [0.5, 0.6) is 5.75 Å². The highest BCUT2D eigenvalue weighted by Crippen LogP contribution is 2.33. The van der Waals surface area contributed by atoms with Gasteiger partial charge in [-0.2, -0.15) is 0 Å². The Morgan fingerprint density at radius 3 is 2.60 bits per heavy atom. The zero-order valence-electron chi connectivity index (χ0n) is 24.5. The van der Waals surface area contributed by atoms with Crippen LogP contribution in [0.2, 0.25) is 0 Å². The van der Waals surface area contributed by atoms with Crippen molar-refractivity contribution in [3.63, 3.8) is 0 Å². The number of para-hydroxylation sites is 1. The highest BCUT2D eigenvalue weighted by Gasteiger charge is 2.34. The SMILES string of the molecule is CC(C)c1cnc2c(N(Cc3ccccc3OC(F)(F)F)C(=O)OC(C)(C)C)cc(NC[C@@H]3CN(C(=O)O)CCO3)nn12. The Hall–Kier alpha value is -4.27. The molecule has 1 atom stereocenters. The molecule has 15 heteroatoms. The summed E-state index contributed by atoms with van der Waals surface area (Å²) in [5.41, 5.74) is 0.373. The molecule has 1 saturated heterocycles. The van der Waals surface area contributed by atoms with Crippen molar-refractivity contribution in [1.29, 1.82) is 0 Å². The Bertz CT molecular complexity index is 1450. The summed E-state index contributed by atoms with van der Waals surface area (Å²) < 4.78 is 56.8. The number of amides is 2. The predicted octanol–water partition coefficient (Wildman–Crippen LogP) is 5.48. The number of halogens is 3. The van der Waals surface area contributed by atoms with Gasteiger partial charge in [0.15, 0.2) is 5.65 Å². The summed E-state index contributed by atoms with van der Waals surface area (Å²) in [6.45, 7) is 9.42. The smallest absolute Gasteiger partial charge is 0.465 e. The summed E-state index contributed by atoms with van der Waals surface area (Å²) in [7, 11) is 0. The number of benzene rings is 1. The van der Waals surface area contributed by atoms with Crippen molar-refractivity contribution >= 4 is 29.3 Å². The van der Waals surface area contributed by atoms with E-state index in [0.717, 1.165) is 5.69 Å². The van der Waals surface area contributed by atoms with E-state index in [9.17, 15) is 27.9 Å². The molecule has 1 aromatic carbocycles. The molecule has 2 amide bonds. The third kappa shape index (κ3) is 8.18. The van der Waals surface area contributed by atoms with Crippen LogP contribution >= 0.6 is 0 Å². The number of anilines is 2. The van der Waals surface area contributed by atoms with Gasteiger partial charge in [0, 0.05) is 24.7 Å². The van der Waals surface area contributed by atoms with Crippen LogP contribution in [0.1, 0.15) is 51.8 Å². The van der Waals surface area contributed by atoms with Gasteiger partial charge in [-0.25, -0.2) is 19.1 Å². The zero-order valence-corrected chi connectivity index (χ0v) is 24.5. The number of alkyl halides is 3. The number of imidazole rings is 1. The van der Waals surface area contributed by atoms with Gasteiger partial charge in [0.1, 0.15) is 17.2 Å². The van der Waals surface area contributed by atoms with E-state index < -0.39 is 36.0 Å². The van der Waals surface area contributed by atoms with Gasteiger partial charge in [0.2, 0.25) is 0 Å². The first-order chi connectivity index (χ1) is 20.1. The van der Waals surface area contributed by atoms with E-state index in [-0.39, 0.29) is 55.6 Å². The largest absolute Gasteiger partial charge is 0.573 e. The fraction of sp³-hybridized carbons (Fsp3) is 0.500. The molecule has 0 bridgehead atoms. The monoisotopic (exact) mass is 608 g/mol. The number of hydrogen-bond donors (Lipinski definition) is 2. The first-order valence-electron chi connectivity index (χ1n) is 13.7. The molecule has 1 aliphatic heterocycles. The van der Waals surface area contributed by atoms with Crippen molar-refractivity contribution in [2.45, 2.75) is 65.1 Å². The second kappa shape index (κ2) is 12.5. The quantitative estimate of drug-likeness (QED) is 0.341. The average Bonchev–Trinajstić information content (AvgIpc) is 3.34. The molecular formula is C28H35F3N6O6. The molecule has 2 N–H and O–H groups in total. The Morgan fingerprint density at radius 2 is 1.95 bits per heavy atom. The first kappa shape index (κ1) is 31.7. The minimum atomic E-state index is -4.94. The van der Waals surface area contributed by atoms with E-state index in [4.69, 9.17) is 9.47 Å². The predicted molar refractivity (Wildman–Crippen MR) is 150 cm³/mol. The Balaban J connectivity index is 1.77. The zero-order chi connectivity index (χ0) is 31.5. The molecule has 0 saturated carbocycles. The molecule has 0 spiro atoms. The van der Waals surface area contributed by atoms with Crippen molar-refractivity contribution in [3.8, 4) is 5.75 Å². The van der Waals surface area contributed by atoms with E-state index in [0.29, 0.717) is 5.82 Å². The number of nitrogens with zero attached hydrogens (tertiary/aromatic N) is 5. The molecule has 234 valence electrons. The number of morpholine rings is 1. The lowest BCUT2D eigenvalue weighted by Crippen LogP contribution is -2.47. The highest BCUT2D eigenvalue weighted by atomic mass is 19.4. The van der Waals surface area contributed by atoms with Crippen molar-refractivity contribution in [2.24, 2.45) is 0 Å². The van der Waals surface area contributed by atoms with Gasteiger partial charge in [0.25, 0.3) is 0 Å². The number of aromatic nitrogens is 3. The Labute approximate surface area is 246 Å². The summed E-state index contributed by atoms with van der Waals surface area (Å²) in [5.74, 6) is -0.185. The second-order valence-electron chi connectivity index (χ2n) is 11.3. The number of carbonyl (C=O) groups excluding carboxylic acids is 1. The van der Waals surface area contributed by atoms with Gasteiger partial charge in [-0.1, -0.05) is 32.0 Å². The standard InChI is InChI=1S/C28H35F3N6O6/c1-17(2)21-14-33-24-20(12-23(34-37(21)24)32-13-19-16-35(25(38)39)10-11-41-19)36(26(40)43-27(3,4)5)15-18-8-6-7-9-22(18)42-28(29,30)31/h6-9,12,14,17,19H,10-11,13,15-16H2,1-5H3,(H,32,34)(H,38,39)/t19-/m1/s1. The number of carbonyl (C=O) groups is 2. The Kier molecular flexibility index (Phi) is 9.23. The van der Waals surface area contributed by atoms with E-state index in [1.54, 1.807) is 37.5 Å². The molecule has 4 rings (SSSR count). The lowest BCUT2D eigenvalue weighted by Gasteiger charge is -2.31. The minimum Gasteiger partial charge on any atom is -0.465 e. The van der Waals surface area contributed by atoms with Crippen LogP contribution < -0.4 is 15.0 Å². The topological polar surface area (TPSA) is 131 Å². The summed E-state index contributed by atoms with van der Waals surface area (Å²) in [6, 6.07) is 7.08. The average molecular weight is 609 g/mol. The van der Waals surface area contributed by atoms with E-state index >= 15 is 0 Å². The molecule has 3 heterocycles. The maximum absolute atomic E-state index is 13.6. The number of ether oxygens (including phenoxy) is 3. The van der Waals surface area contributed by atoms with Crippen LogP contribution in [0.15, 0.2) is 36.5 Å². The third-order valence-electron chi connectivity index (χ3n) is 6.42. The van der Waals surface area contributed by atoms with Crippen LogP contribution in [-0.2, 0) is 16.0 Å². The summed E-state index contributed by atoms with van der Waals surface area (Å²) in [4.78, 5) is 32.0. The Morgan fingerprint density at radius 1 is 1.23 bits per heavy atom. The van der Waals surface area contributed by atoms with E-state index in [2.05, 4.69) is 20.1 Å². The van der Waals surface area contributed by atoms with Crippen LogP contribution in [0, 0.1) is 0 Å². The number of nitrogens with one attached hydrogen (secondary N) is 1. The molecular weight excluding hydrogens is 573 g/mol. The van der Waals surface area contributed by atoms with Crippen molar-refractivity contribution in [1.82, 2.24) is 19.5 Å². The molecule has 3 aromatic rings. The normalized spacial score (nSPS) is 15.9. The fourth-order valence-corrected chi connectivity index (χ4v) is 4.48. The maximum Gasteiger partial charge on any atom is 0.573 e. The number of rotatable bonds is 8. The molecule has 2 aromatic heterocycles. The van der Waals surface area contributed by atoms with Crippen LogP contribution in [0.3, 0.4) is 0 Å². The van der Waals surface area contributed by atoms with Gasteiger partial charge < -0.3 is 29.5 Å². The van der Waals surface area contributed by atoms with E-state index in [1.165, 1.54) is 34.1 Å². The maximum atomic E-state index is 13.6. The molecule has 0 aliphatic carbocycles. The minimum absolute atomic E-state index is 0.0210. The highest BCUT2D eigenvalue weighted by molar-refractivity contribution is 5.93. The van der Waals surface area contributed by atoms with Crippen molar-refractivity contribution in [2.75, 3.05) is 36.5 Å². The van der Waals surface area contributed by atoms with Crippen LogP contribution in [0.25, 0.3) is 5.65 Å². The summed E-state index contributed by atoms with van der Waals surface area (Å²) in [6.07, 6.45) is -5.66. The van der Waals surface area contributed by atoms with Gasteiger partial charge in [-0.15, -0.1) is 18.3 Å². The molecule has 0 radical (unpaired) electrons. The summed E-state index contributed by atoms with van der Waals surface area (Å²) in [5, 5.41) is 17.2. The van der Waals surface area contributed by atoms with Gasteiger partial charge >= 0.3 is 18.5 Å². The van der Waals surface area contributed by atoms with E-state index in [1.807, 2.05) is 13.8 Å². The number of carboxylic acid groups (broad SMARTS) is 1. The second-order valence-corrected chi connectivity index (χ2v) is 11.3. The third-order valence-corrected chi connectivity index (χ3v) is 6.42. The molecule has 1 fully saturated rings. The fourth-order valence-electron chi connectivity index (χ4n) is 4.48. The molecule has 1 aliphatic rings. The summed E-state index contributed by atoms with van der Waals surface area (Å²) >= 11 is 0. The van der Waals surface area contributed by atoms with Gasteiger partial charge in [0.05, 0.1) is 43.4 Å². The first-order valence-corrected chi connectivity index (χ1v) is 13.7. The number of fused-ring (bicyclic) bond motifs is 1. The van der Waals surface area contributed by atoms with Crippen LogP contribution in [-0.4, -0.2) is 81.1 Å². The molecule has 0 unspecified atom stereocenters. The van der Waals surface area contributed by atoms with Crippen LogP contribution in [0.4, 0.5) is 34.3 Å². The number of hydrogen-bond acceptors (Lipinski definition) is 8. The van der Waals surface area contributed by atoms with Crippen molar-refractivity contribution in [3.05, 3.63) is 47.8 Å². The van der Waals surface area contributed by atoms with Crippen molar-refractivity contribution < 1.29 is 42.1 Å². The van der Waals surface area contributed by atoms with Gasteiger partial charge in [-0.05, 0) is 32.8 Å². The van der Waals surface area contributed by atoms with Gasteiger partial charge in [-0.3, -0.25) is 4.90 Å². The lowest BCUT2D eigenvalue weighted by atomic mass is 10.1. The molecule has 12 nitrogen and oxygen atoms in total. The molecule has 43 heavy (non-hydrogen) atoms.